The average Bonchev–Trinajstić information content (AvgIpc) is 2.79. The standard InChI is InChI=1S/C15H26N4O2/c1-4-6-13-17-14(16-7-5-2)10(3)15(18-13)19-8-11(20)12(21)9-19/h11-12,20-21H,4-9H2,1-3H3,(H,16,17,18). The Morgan fingerprint density at radius 3 is 2.38 bits per heavy atom. The second-order valence-electron chi connectivity index (χ2n) is 5.65. The molecule has 0 amide bonds. The number of anilines is 2. The van der Waals surface area contributed by atoms with Gasteiger partial charge < -0.3 is 20.4 Å². The number of aliphatic hydroxyl groups is 2. The van der Waals surface area contributed by atoms with Crippen molar-refractivity contribution < 1.29 is 10.2 Å². The van der Waals surface area contributed by atoms with Crippen LogP contribution in [0.25, 0.3) is 0 Å². The summed E-state index contributed by atoms with van der Waals surface area (Å²) in [7, 11) is 0. The summed E-state index contributed by atoms with van der Waals surface area (Å²) < 4.78 is 0. The summed E-state index contributed by atoms with van der Waals surface area (Å²) in [4.78, 5) is 11.2. The molecule has 2 atom stereocenters. The first-order valence-corrected chi connectivity index (χ1v) is 7.79. The van der Waals surface area contributed by atoms with Crippen molar-refractivity contribution in [3.63, 3.8) is 0 Å². The van der Waals surface area contributed by atoms with E-state index >= 15 is 0 Å². The van der Waals surface area contributed by atoms with E-state index in [2.05, 4.69) is 29.1 Å². The number of hydrogen-bond donors (Lipinski definition) is 3. The Labute approximate surface area is 126 Å². The molecular weight excluding hydrogens is 268 g/mol. The van der Waals surface area contributed by atoms with Crippen LogP contribution in [-0.4, -0.2) is 52.0 Å². The van der Waals surface area contributed by atoms with Gasteiger partial charge in [-0.05, 0) is 19.8 Å². The lowest BCUT2D eigenvalue weighted by molar-refractivity contribution is 0.0572. The fraction of sp³-hybridized carbons (Fsp3) is 0.733. The Balaban J connectivity index is 2.31. The van der Waals surface area contributed by atoms with Crippen molar-refractivity contribution in [2.75, 3.05) is 29.9 Å². The second kappa shape index (κ2) is 7.04. The Morgan fingerprint density at radius 1 is 1.14 bits per heavy atom. The maximum Gasteiger partial charge on any atom is 0.137 e. The highest BCUT2D eigenvalue weighted by Gasteiger charge is 2.31. The van der Waals surface area contributed by atoms with E-state index in [1.54, 1.807) is 0 Å². The summed E-state index contributed by atoms with van der Waals surface area (Å²) in [5, 5.41) is 22.9. The van der Waals surface area contributed by atoms with Crippen LogP contribution in [0.4, 0.5) is 11.6 Å². The molecule has 1 fully saturated rings. The third-order valence-electron chi connectivity index (χ3n) is 3.74. The Hall–Kier alpha value is -1.40. The molecule has 3 N–H and O–H groups in total. The number of nitrogens with zero attached hydrogens (tertiary/aromatic N) is 3. The Morgan fingerprint density at radius 2 is 1.81 bits per heavy atom. The zero-order chi connectivity index (χ0) is 15.4. The summed E-state index contributed by atoms with van der Waals surface area (Å²) in [6, 6.07) is 0. The molecule has 0 aromatic carbocycles. The largest absolute Gasteiger partial charge is 0.389 e. The van der Waals surface area contributed by atoms with E-state index in [0.717, 1.165) is 48.8 Å². The summed E-state index contributed by atoms with van der Waals surface area (Å²) in [6.45, 7) is 7.90. The number of aliphatic hydroxyl groups excluding tert-OH is 2. The minimum atomic E-state index is -0.707. The van der Waals surface area contributed by atoms with Gasteiger partial charge >= 0.3 is 0 Å². The molecule has 1 aliphatic heterocycles. The summed E-state index contributed by atoms with van der Waals surface area (Å²) in [5.41, 5.74) is 0.976. The van der Waals surface area contributed by atoms with Crippen molar-refractivity contribution in [2.24, 2.45) is 0 Å². The molecule has 1 aliphatic rings. The number of aryl methyl sites for hydroxylation is 1. The molecule has 1 saturated heterocycles. The molecule has 21 heavy (non-hydrogen) atoms. The summed E-state index contributed by atoms with van der Waals surface area (Å²) in [6.07, 6.45) is 1.43. The minimum absolute atomic E-state index is 0.414. The lowest BCUT2D eigenvalue weighted by Crippen LogP contribution is -2.25. The topological polar surface area (TPSA) is 81.5 Å². The van der Waals surface area contributed by atoms with Crippen LogP contribution in [0.1, 0.15) is 38.1 Å². The van der Waals surface area contributed by atoms with E-state index in [-0.39, 0.29) is 0 Å². The van der Waals surface area contributed by atoms with Crippen molar-refractivity contribution in [1.29, 1.82) is 0 Å². The Bertz CT molecular complexity index is 471. The number of β-amino-alcohol motifs (C(OH)–C–C–N with tert-alkyl or cyclic N) is 2. The molecule has 2 unspecified atom stereocenters. The van der Waals surface area contributed by atoms with Gasteiger partial charge in [-0.15, -0.1) is 0 Å². The molecule has 0 aliphatic carbocycles. The number of aromatic nitrogens is 2. The van der Waals surface area contributed by atoms with Gasteiger partial charge in [0.2, 0.25) is 0 Å². The highest BCUT2D eigenvalue weighted by molar-refractivity contribution is 5.59. The van der Waals surface area contributed by atoms with Gasteiger partial charge in [0.15, 0.2) is 0 Å². The molecule has 1 aromatic rings. The van der Waals surface area contributed by atoms with Crippen LogP contribution in [0, 0.1) is 6.92 Å². The molecule has 6 heteroatoms. The van der Waals surface area contributed by atoms with E-state index < -0.39 is 12.2 Å². The van der Waals surface area contributed by atoms with Gasteiger partial charge in [-0.25, -0.2) is 9.97 Å². The number of hydrogen-bond acceptors (Lipinski definition) is 6. The van der Waals surface area contributed by atoms with Crippen LogP contribution in [0.15, 0.2) is 0 Å². The maximum absolute atomic E-state index is 9.75. The van der Waals surface area contributed by atoms with Crippen LogP contribution in [0.3, 0.4) is 0 Å². The van der Waals surface area contributed by atoms with Crippen LogP contribution >= 0.6 is 0 Å². The van der Waals surface area contributed by atoms with Gasteiger partial charge in [-0.3, -0.25) is 0 Å². The molecule has 6 nitrogen and oxygen atoms in total. The minimum Gasteiger partial charge on any atom is -0.389 e. The molecule has 0 spiro atoms. The van der Waals surface area contributed by atoms with Gasteiger partial charge in [0, 0.05) is 31.6 Å². The molecule has 2 heterocycles. The van der Waals surface area contributed by atoms with Gasteiger partial charge in [0.05, 0.1) is 12.2 Å². The zero-order valence-electron chi connectivity index (χ0n) is 13.1. The van der Waals surface area contributed by atoms with Crippen LogP contribution < -0.4 is 10.2 Å². The van der Waals surface area contributed by atoms with Gasteiger partial charge in [-0.1, -0.05) is 13.8 Å². The van der Waals surface area contributed by atoms with E-state index in [1.165, 1.54) is 0 Å². The first-order valence-electron chi connectivity index (χ1n) is 7.79. The first-order chi connectivity index (χ1) is 10.1. The molecule has 1 aromatic heterocycles. The van der Waals surface area contributed by atoms with E-state index in [9.17, 15) is 10.2 Å². The molecule has 0 bridgehead atoms. The van der Waals surface area contributed by atoms with E-state index in [4.69, 9.17) is 0 Å². The molecule has 0 radical (unpaired) electrons. The van der Waals surface area contributed by atoms with Crippen LogP contribution in [-0.2, 0) is 6.42 Å². The number of rotatable bonds is 6. The van der Waals surface area contributed by atoms with E-state index in [1.807, 2.05) is 11.8 Å². The monoisotopic (exact) mass is 294 g/mol. The number of nitrogens with one attached hydrogen (secondary N) is 1. The van der Waals surface area contributed by atoms with Crippen LogP contribution in [0.2, 0.25) is 0 Å². The van der Waals surface area contributed by atoms with Gasteiger partial charge in [0.1, 0.15) is 17.5 Å². The molecule has 2 rings (SSSR count). The predicted molar refractivity (Wildman–Crippen MR) is 83.8 cm³/mol. The lowest BCUT2D eigenvalue weighted by atomic mass is 10.2. The first kappa shape index (κ1) is 16.0. The van der Waals surface area contributed by atoms with E-state index in [0.29, 0.717) is 13.1 Å². The highest BCUT2D eigenvalue weighted by atomic mass is 16.3. The van der Waals surface area contributed by atoms with Crippen molar-refractivity contribution in [2.45, 2.75) is 52.2 Å². The molecule has 0 saturated carbocycles. The van der Waals surface area contributed by atoms with Crippen molar-refractivity contribution in [3.8, 4) is 0 Å². The predicted octanol–water partition coefficient (Wildman–Crippen LogP) is 1.10. The smallest absolute Gasteiger partial charge is 0.137 e. The Kier molecular flexibility index (Phi) is 5.36. The molecule has 118 valence electrons. The average molecular weight is 294 g/mol. The van der Waals surface area contributed by atoms with Gasteiger partial charge in [0.25, 0.3) is 0 Å². The maximum atomic E-state index is 9.75. The second-order valence-corrected chi connectivity index (χ2v) is 5.65. The van der Waals surface area contributed by atoms with Crippen molar-refractivity contribution >= 4 is 11.6 Å². The zero-order valence-corrected chi connectivity index (χ0v) is 13.1. The van der Waals surface area contributed by atoms with Crippen molar-refractivity contribution in [3.05, 3.63) is 11.4 Å². The fourth-order valence-electron chi connectivity index (χ4n) is 2.55. The third-order valence-corrected chi connectivity index (χ3v) is 3.74. The fourth-order valence-corrected chi connectivity index (χ4v) is 2.55. The highest BCUT2D eigenvalue weighted by Crippen LogP contribution is 2.27. The molecular formula is C15H26N4O2. The van der Waals surface area contributed by atoms with Crippen molar-refractivity contribution in [1.82, 2.24) is 9.97 Å². The summed E-state index contributed by atoms with van der Waals surface area (Å²) >= 11 is 0. The van der Waals surface area contributed by atoms with Gasteiger partial charge in [-0.2, -0.15) is 0 Å². The summed E-state index contributed by atoms with van der Waals surface area (Å²) in [5.74, 6) is 2.50. The normalized spacial score (nSPS) is 21.9. The quantitative estimate of drug-likeness (QED) is 0.729. The third kappa shape index (κ3) is 3.63. The van der Waals surface area contributed by atoms with Crippen LogP contribution in [0.5, 0.6) is 0 Å². The SMILES string of the molecule is CCCNc1nc(CCC)nc(N2CC(O)C(O)C2)c1C. The lowest BCUT2D eigenvalue weighted by Gasteiger charge is -2.21.